The number of hydrogen-bond acceptors (Lipinski definition) is 4. The van der Waals surface area contributed by atoms with Crippen LogP contribution in [0.25, 0.3) is 0 Å². The third kappa shape index (κ3) is 7.78. The van der Waals surface area contributed by atoms with Crippen molar-refractivity contribution in [3.63, 3.8) is 0 Å². The van der Waals surface area contributed by atoms with Gasteiger partial charge in [-0.15, -0.1) is 11.3 Å². The van der Waals surface area contributed by atoms with Crippen molar-refractivity contribution in [1.29, 1.82) is 0 Å². The van der Waals surface area contributed by atoms with Gasteiger partial charge in [-0.2, -0.15) is 0 Å². The van der Waals surface area contributed by atoms with E-state index in [4.69, 9.17) is 0 Å². The fraction of sp³-hybridized carbons (Fsp3) is 0.450. The molecule has 0 aliphatic carbocycles. The van der Waals surface area contributed by atoms with Crippen LogP contribution in [-0.2, 0) is 11.2 Å². The number of anilines is 1. The van der Waals surface area contributed by atoms with Crippen molar-refractivity contribution in [1.82, 2.24) is 15.6 Å². The van der Waals surface area contributed by atoms with Gasteiger partial charge in [0, 0.05) is 41.4 Å². The van der Waals surface area contributed by atoms with Gasteiger partial charge in [-0.05, 0) is 51.5 Å². The molecule has 1 atom stereocenters. The Morgan fingerprint density at radius 1 is 1.26 bits per heavy atom. The topological polar surface area (TPSA) is 78.4 Å². The summed E-state index contributed by atoms with van der Waals surface area (Å²) in [6.45, 7) is 9.43. The summed E-state index contributed by atoms with van der Waals surface area (Å²) in [5, 5.41) is 9.43. The first-order chi connectivity index (χ1) is 13.0. The number of aryl methyl sites for hydroxylation is 2. The molecule has 1 unspecified atom stereocenters. The zero-order valence-electron chi connectivity index (χ0n) is 16.5. The summed E-state index contributed by atoms with van der Waals surface area (Å²) in [5.41, 5.74) is 1.06. The Hall–Kier alpha value is -2.41. The van der Waals surface area contributed by atoms with E-state index in [1.54, 1.807) is 12.3 Å². The summed E-state index contributed by atoms with van der Waals surface area (Å²) in [4.78, 5) is 23.4. The van der Waals surface area contributed by atoms with Crippen molar-refractivity contribution in [2.45, 2.75) is 46.6 Å². The average molecular weight is 388 g/mol. The second-order valence-electron chi connectivity index (χ2n) is 6.54. The van der Waals surface area contributed by atoms with E-state index in [-0.39, 0.29) is 11.9 Å². The summed E-state index contributed by atoms with van der Waals surface area (Å²) in [5.74, 6) is 1.21. The zero-order valence-corrected chi connectivity index (χ0v) is 17.3. The van der Waals surface area contributed by atoms with Crippen molar-refractivity contribution in [3.05, 3.63) is 45.8 Å². The van der Waals surface area contributed by atoms with Crippen molar-refractivity contribution in [2.24, 2.45) is 4.99 Å². The van der Waals surface area contributed by atoms with Crippen LogP contribution in [0.2, 0.25) is 0 Å². The van der Waals surface area contributed by atoms with Crippen LogP contribution in [0.4, 0.5) is 5.82 Å². The first-order valence-electron chi connectivity index (χ1n) is 9.29. The molecule has 0 fully saturated rings. The minimum absolute atomic E-state index is 0.0898. The summed E-state index contributed by atoms with van der Waals surface area (Å²) in [6, 6.07) is 8.30. The fourth-order valence-electron chi connectivity index (χ4n) is 2.52. The molecule has 0 aliphatic heterocycles. The number of nitrogens with zero attached hydrogens (tertiary/aromatic N) is 2. The number of guanidine groups is 1. The van der Waals surface area contributed by atoms with Crippen LogP contribution in [0.1, 0.15) is 35.6 Å². The van der Waals surface area contributed by atoms with E-state index in [0.717, 1.165) is 24.5 Å². The molecule has 146 valence electrons. The zero-order chi connectivity index (χ0) is 19.6. The first-order valence-corrected chi connectivity index (χ1v) is 10.1. The number of hydrogen-bond donors (Lipinski definition) is 3. The van der Waals surface area contributed by atoms with Crippen LogP contribution in [-0.4, -0.2) is 36.0 Å². The molecule has 3 N–H and O–H groups in total. The number of carbonyl (C=O) groups excluding carboxylic acids is 1. The van der Waals surface area contributed by atoms with Gasteiger partial charge in [-0.1, -0.05) is 6.07 Å². The lowest BCUT2D eigenvalue weighted by molar-refractivity contribution is -0.116. The number of amides is 1. The average Bonchev–Trinajstić information content (AvgIpc) is 3.01. The normalized spacial score (nSPS) is 12.5. The lowest BCUT2D eigenvalue weighted by atomic mass is 10.2. The maximum atomic E-state index is 12.0. The van der Waals surface area contributed by atoms with Crippen LogP contribution >= 0.6 is 11.3 Å². The number of nitrogens with one attached hydrogen (secondary N) is 3. The Kier molecular flexibility index (Phi) is 8.26. The quantitative estimate of drug-likeness (QED) is 0.480. The Bertz CT molecular complexity index is 754. The smallest absolute Gasteiger partial charge is 0.227 e. The molecule has 6 nitrogen and oxygen atoms in total. The van der Waals surface area contributed by atoms with E-state index in [0.29, 0.717) is 18.8 Å². The number of carbonyl (C=O) groups is 1. The van der Waals surface area contributed by atoms with Crippen molar-refractivity contribution in [3.8, 4) is 0 Å². The molecule has 0 aliphatic rings. The molecule has 0 aromatic carbocycles. The van der Waals surface area contributed by atoms with Crippen LogP contribution in [0.5, 0.6) is 0 Å². The van der Waals surface area contributed by atoms with Gasteiger partial charge in [-0.3, -0.25) is 9.79 Å². The maximum absolute atomic E-state index is 12.0. The maximum Gasteiger partial charge on any atom is 0.227 e. The second kappa shape index (κ2) is 10.7. The Morgan fingerprint density at radius 2 is 2.07 bits per heavy atom. The first kappa shape index (κ1) is 20.9. The molecule has 2 heterocycles. The third-order valence-corrected chi connectivity index (χ3v) is 4.84. The molecule has 0 spiro atoms. The highest BCUT2D eigenvalue weighted by Crippen LogP contribution is 2.16. The molecular weight excluding hydrogens is 358 g/mol. The molecule has 2 aromatic heterocycles. The van der Waals surface area contributed by atoms with Gasteiger partial charge in [0.2, 0.25) is 5.91 Å². The Labute approximate surface area is 165 Å². The van der Waals surface area contributed by atoms with E-state index in [2.05, 4.69) is 51.9 Å². The minimum Gasteiger partial charge on any atom is -0.357 e. The Morgan fingerprint density at radius 3 is 2.70 bits per heavy atom. The van der Waals surface area contributed by atoms with Crippen LogP contribution in [0.15, 0.2) is 35.5 Å². The van der Waals surface area contributed by atoms with Crippen LogP contribution in [0.3, 0.4) is 0 Å². The fourth-order valence-corrected chi connectivity index (χ4v) is 3.54. The van der Waals surface area contributed by atoms with Crippen molar-refractivity contribution >= 4 is 29.0 Å². The summed E-state index contributed by atoms with van der Waals surface area (Å²) >= 11 is 1.82. The minimum atomic E-state index is -0.0898. The van der Waals surface area contributed by atoms with Crippen molar-refractivity contribution in [2.75, 3.05) is 18.4 Å². The molecular formula is C20H29N5OS. The lowest BCUT2D eigenvalue weighted by Gasteiger charge is -2.17. The lowest BCUT2D eigenvalue weighted by Crippen LogP contribution is -2.43. The molecule has 2 rings (SSSR count). The van der Waals surface area contributed by atoms with Gasteiger partial charge >= 0.3 is 0 Å². The van der Waals surface area contributed by atoms with E-state index in [1.807, 2.05) is 31.3 Å². The highest BCUT2D eigenvalue weighted by Gasteiger charge is 2.08. The van der Waals surface area contributed by atoms with Gasteiger partial charge in [0.05, 0.1) is 6.54 Å². The third-order valence-electron chi connectivity index (χ3n) is 3.82. The van der Waals surface area contributed by atoms with Gasteiger partial charge in [-0.25, -0.2) is 4.98 Å². The molecule has 7 heteroatoms. The molecule has 27 heavy (non-hydrogen) atoms. The highest BCUT2D eigenvalue weighted by atomic mass is 32.1. The van der Waals surface area contributed by atoms with Gasteiger partial charge < -0.3 is 16.0 Å². The molecule has 2 aromatic rings. The van der Waals surface area contributed by atoms with E-state index >= 15 is 0 Å². The van der Waals surface area contributed by atoms with Gasteiger partial charge in [0.15, 0.2) is 5.96 Å². The summed E-state index contributed by atoms with van der Waals surface area (Å²) in [6.07, 6.45) is 2.99. The van der Waals surface area contributed by atoms with Gasteiger partial charge in [0.25, 0.3) is 0 Å². The number of aromatic nitrogens is 1. The van der Waals surface area contributed by atoms with Gasteiger partial charge in [0.1, 0.15) is 5.82 Å². The van der Waals surface area contributed by atoms with E-state index in [1.165, 1.54) is 9.75 Å². The van der Waals surface area contributed by atoms with Crippen LogP contribution < -0.4 is 16.0 Å². The second-order valence-corrected chi connectivity index (χ2v) is 7.91. The highest BCUT2D eigenvalue weighted by molar-refractivity contribution is 7.11. The molecule has 0 saturated carbocycles. The SMILES string of the molecule is CCNC(=NCCC(=O)Nc1ccc(C)cn1)NC(C)Cc1ccc(C)s1. The van der Waals surface area contributed by atoms with E-state index < -0.39 is 0 Å². The number of rotatable bonds is 8. The van der Waals surface area contributed by atoms with Crippen molar-refractivity contribution < 1.29 is 4.79 Å². The predicted molar refractivity (Wildman–Crippen MR) is 114 cm³/mol. The van der Waals surface area contributed by atoms with E-state index in [9.17, 15) is 4.79 Å². The molecule has 0 radical (unpaired) electrons. The summed E-state index contributed by atoms with van der Waals surface area (Å²) < 4.78 is 0. The monoisotopic (exact) mass is 387 g/mol. The molecule has 0 saturated heterocycles. The molecule has 0 bridgehead atoms. The largest absolute Gasteiger partial charge is 0.357 e. The standard InChI is InChI=1S/C20H29N5OS/c1-5-21-20(24-15(3)12-17-8-7-16(4)27-17)22-11-10-19(26)25-18-9-6-14(2)13-23-18/h6-9,13,15H,5,10-12H2,1-4H3,(H2,21,22,24)(H,23,25,26). The predicted octanol–water partition coefficient (Wildman–Crippen LogP) is 3.27. The van der Waals surface area contributed by atoms with Crippen LogP contribution in [0, 0.1) is 13.8 Å². The molecule has 1 amide bonds. The number of pyridine rings is 1. The Balaban J connectivity index is 1.81. The number of thiophene rings is 1. The number of aliphatic imine (C=N–C) groups is 1. The summed E-state index contributed by atoms with van der Waals surface area (Å²) in [7, 11) is 0.